The van der Waals surface area contributed by atoms with Crippen LogP contribution < -0.4 is 5.32 Å². The summed E-state index contributed by atoms with van der Waals surface area (Å²) in [6.07, 6.45) is 0. The molecule has 0 amide bonds. The second-order valence-corrected chi connectivity index (χ2v) is 9.10. The maximum absolute atomic E-state index is 12.6. The SMILES string of the molecule is CC(C)c1ccc(CNCc2ccc(S(=O)(=O)N3CCOCC3)cc2)cc1. The zero-order valence-corrected chi connectivity index (χ0v) is 16.8. The zero-order chi connectivity index (χ0) is 19.3. The van der Waals surface area contributed by atoms with Crippen LogP contribution in [-0.4, -0.2) is 39.0 Å². The molecule has 27 heavy (non-hydrogen) atoms. The van der Waals surface area contributed by atoms with E-state index in [9.17, 15) is 8.42 Å². The lowest BCUT2D eigenvalue weighted by molar-refractivity contribution is 0.0730. The maximum atomic E-state index is 12.6. The van der Waals surface area contributed by atoms with Gasteiger partial charge in [-0.2, -0.15) is 4.31 Å². The number of ether oxygens (including phenoxy) is 1. The summed E-state index contributed by atoms with van der Waals surface area (Å²) in [6, 6.07) is 15.8. The maximum Gasteiger partial charge on any atom is 0.243 e. The van der Waals surface area contributed by atoms with Crippen molar-refractivity contribution < 1.29 is 13.2 Å². The fraction of sp³-hybridized carbons (Fsp3) is 0.429. The predicted molar refractivity (Wildman–Crippen MR) is 107 cm³/mol. The van der Waals surface area contributed by atoms with Gasteiger partial charge in [-0.1, -0.05) is 50.2 Å². The fourth-order valence-electron chi connectivity index (χ4n) is 3.09. The van der Waals surface area contributed by atoms with E-state index in [1.165, 1.54) is 15.4 Å². The molecule has 5 nitrogen and oxygen atoms in total. The van der Waals surface area contributed by atoms with Crippen molar-refractivity contribution in [2.45, 2.75) is 37.8 Å². The average molecular weight is 389 g/mol. The highest BCUT2D eigenvalue weighted by atomic mass is 32.2. The number of morpholine rings is 1. The lowest BCUT2D eigenvalue weighted by atomic mass is 10.0. The summed E-state index contributed by atoms with van der Waals surface area (Å²) in [5.74, 6) is 0.541. The van der Waals surface area contributed by atoms with Gasteiger partial charge in [-0.3, -0.25) is 0 Å². The van der Waals surface area contributed by atoms with Crippen molar-refractivity contribution in [3.63, 3.8) is 0 Å². The highest BCUT2D eigenvalue weighted by Crippen LogP contribution is 2.18. The third kappa shape index (κ3) is 5.17. The topological polar surface area (TPSA) is 58.6 Å². The molecule has 2 aromatic carbocycles. The Labute approximate surface area is 162 Å². The van der Waals surface area contributed by atoms with E-state index in [0.29, 0.717) is 43.7 Å². The number of benzene rings is 2. The molecule has 1 saturated heterocycles. The van der Waals surface area contributed by atoms with Gasteiger partial charge in [-0.25, -0.2) is 8.42 Å². The number of rotatable bonds is 7. The monoisotopic (exact) mass is 388 g/mol. The minimum absolute atomic E-state index is 0.345. The second-order valence-electron chi connectivity index (χ2n) is 7.16. The summed E-state index contributed by atoms with van der Waals surface area (Å²) in [7, 11) is -3.42. The summed E-state index contributed by atoms with van der Waals surface area (Å²) in [5, 5.41) is 3.41. The van der Waals surface area contributed by atoms with Crippen LogP contribution in [-0.2, 0) is 27.8 Å². The van der Waals surface area contributed by atoms with Crippen molar-refractivity contribution in [3.8, 4) is 0 Å². The number of sulfonamides is 1. The Hall–Kier alpha value is -1.73. The van der Waals surface area contributed by atoms with Crippen molar-refractivity contribution >= 4 is 10.0 Å². The standard InChI is InChI=1S/C21H28N2O3S/c1-17(2)20-7-3-18(4-8-20)15-22-16-19-5-9-21(10-6-19)27(24,25)23-11-13-26-14-12-23/h3-10,17,22H,11-16H2,1-2H3. The van der Waals surface area contributed by atoms with E-state index in [1.54, 1.807) is 12.1 Å². The zero-order valence-electron chi connectivity index (χ0n) is 16.0. The molecule has 0 saturated carbocycles. The molecule has 0 spiro atoms. The van der Waals surface area contributed by atoms with Crippen LogP contribution in [0.4, 0.5) is 0 Å². The Morgan fingerprint density at radius 1 is 0.926 bits per heavy atom. The first-order valence-corrected chi connectivity index (χ1v) is 10.9. The summed E-state index contributed by atoms with van der Waals surface area (Å²) in [4.78, 5) is 0.345. The van der Waals surface area contributed by atoms with E-state index in [4.69, 9.17) is 4.74 Å². The Balaban J connectivity index is 1.54. The van der Waals surface area contributed by atoms with E-state index >= 15 is 0 Å². The molecule has 1 aliphatic heterocycles. The first kappa shape index (κ1) is 20.0. The molecule has 0 bridgehead atoms. The molecule has 1 fully saturated rings. The van der Waals surface area contributed by atoms with E-state index in [2.05, 4.69) is 43.4 Å². The summed E-state index contributed by atoms with van der Waals surface area (Å²) in [6.45, 7) is 7.61. The Morgan fingerprint density at radius 3 is 1.96 bits per heavy atom. The predicted octanol–water partition coefficient (Wildman–Crippen LogP) is 3.12. The molecule has 0 unspecified atom stereocenters. The van der Waals surface area contributed by atoms with Gasteiger partial charge in [0.1, 0.15) is 0 Å². The molecule has 146 valence electrons. The van der Waals surface area contributed by atoms with E-state index < -0.39 is 10.0 Å². The molecule has 1 aliphatic rings. The largest absolute Gasteiger partial charge is 0.379 e. The van der Waals surface area contributed by atoms with Gasteiger partial charge < -0.3 is 10.1 Å². The third-order valence-electron chi connectivity index (χ3n) is 4.84. The summed E-state index contributed by atoms with van der Waals surface area (Å²) >= 11 is 0. The van der Waals surface area contributed by atoms with Crippen molar-refractivity contribution in [1.29, 1.82) is 0 Å². The first-order chi connectivity index (χ1) is 13.0. The van der Waals surface area contributed by atoms with Gasteiger partial charge in [0, 0.05) is 26.2 Å². The molecule has 0 atom stereocenters. The van der Waals surface area contributed by atoms with E-state index in [-0.39, 0.29) is 0 Å². The van der Waals surface area contributed by atoms with E-state index in [0.717, 1.165) is 12.1 Å². The average Bonchev–Trinajstić information content (AvgIpc) is 2.69. The summed E-state index contributed by atoms with van der Waals surface area (Å²) in [5.41, 5.74) is 3.65. The lowest BCUT2D eigenvalue weighted by Gasteiger charge is -2.26. The fourth-order valence-corrected chi connectivity index (χ4v) is 4.49. The summed E-state index contributed by atoms with van der Waals surface area (Å²) < 4.78 is 32.0. The van der Waals surface area contributed by atoms with Crippen LogP contribution in [0.5, 0.6) is 0 Å². The molecular formula is C21H28N2O3S. The molecule has 1 N–H and O–H groups in total. The molecule has 0 aromatic heterocycles. The quantitative estimate of drug-likeness (QED) is 0.792. The van der Waals surface area contributed by atoms with Crippen LogP contribution >= 0.6 is 0 Å². The van der Waals surface area contributed by atoms with Crippen LogP contribution in [0, 0.1) is 0 Å². The molecule has 2 aromatic rings. The second kappa shape index (κ2) is 8.97. The van der Waals surface area contributed by atoms with Gasteiger partial charge >= 0.3 is 0 Å². The highest BCUT2D eigenvalue weighted by molar-refractivity contribution is 7.89. The molecule has 1 heterocycles. The normalized spacial score (nSPS) is 16.0. The number of nitrogens with zero attached hydrogens (tertiary/aromatic N) is 1. The Kier molecular flexibility index (Phi) is 6.65. The number of hydrogen-bond acceptors (Lipinski definition) is 4. The van der Waals surface area contributed by atoms with Gasteiger partial charge in [-0.15, -0.1) is 0 Å². The molecule has 6 heteroatoms. The Morgan fingerprint density at radius 2 is 1.44 bits per heavy atom. The van der Waals surface area contributed by atoms with Crippen LogP contribution in [0.2, 0.25) is 0 Å². The smallest absolute Gasteiger partial charge is 0.243 e. The first-order valence-electron chi connectivity index (χ1n) is 9.43. The van der Waals surface area contributed by atoms with Crippen LogP contribution in [0.3, 0.4) is 0 Å². The van der Waals surface area contributed by atoms with E-state index in [1.807, 2.05) is 12.1 Å². The van der Waals surface area contributed by atoms with Crippen LogP contribution in [0.15, 0.2) is 53.4 Å². The molecular weight excluding hydrogens is 360 g/mol. The minimum atomic E-state index is -3.42. The Bertz CT molecular complexity index is 825. The molecule has 3 rings (SSSR count). The minimum Gasteiger partial charge on any atom is -0.379 e. The highest BCUT2D eigenvalue weighted by Gasteiger charge is 2.25. The van der Waals surface area contributed by atoms with Crippen LogP contribution in [0.1, 0.15) is 36.5 Å². The third-order valence-corrected chi connectivity index (χ3v) is 6.75. The van der Waals surface area contributed by atoms with Crippen LogP contribution in [0.25, 0.3) is 0 Å². The van der Waals surface area contributed by atoms with Crippen molar-refractivity contribution in [3.05, 3.63) is 65.2 Å². The molecule has 0 aliphatic carbocycles. The van der Waals surface area contributed by atoms with Gasteiger partial charge in [0.15, 0.2) is 0 Å². The van der Waals surface area contributed by atoms with Gasteiger partial charge in [0.2, 0.25) is 10.0 Å². The van der Waals surface area contributed by atoms with Crippen molar-refractivity contribution in [2.75, 3.05) is 26.3 Å². The van der Waals surface area contributed by atoms with Crippen molar-refractivity contribution in [1.82, 2.24) is 9.62 Å². The van der Waals surface area contributed by atoms with Gasteiger partial charge in [0.05, 0.1) is 18.1 Å². The molecule has 0 radical (unpaired) electrons. The lowest BCUT2D eigenvalue weighted by Crippen LogP contribution is -2.40. The number of hydrogen-bond donors (Lipinski definition) is 1. The van der Waals surface area contributed by atoms with Gasteiger partial charge in [-0.05, 0) is 34.7 Å². The van der Waals surface area contributed by atoms with Gasteiger partial charge in [0.25, 0.3) is 0 Å². The van der Waals surface area contributed by atoms with Crippen molar-refractivity contribution in [2.24, 2.45) is 0 Å². The number of nitrogens with one attached hydrogen (secondary N) is 1.